The molecule has 0 aromatic heterocycles. The summed E-state index contributed by atoms with van der Waals surface area (Å²) in [7, 11) is 0. The van der Waals surface area contributed by atoms with Crippen LogP contribution in [0.4, 0.5) is 4.79 Å². The van der Waals surface area contributed by atoms with Crippen LogP contribution < -0.4 is 10.8 Å². The second-order valence-electron chi connectivity index (χ2n) is 16.6. The molecule has 0 saturated heterocycles. The zero-order chi connectivity index (χ0) is 39.6. The Bertz CT molecular complexity index is 1340. The molecule has 15 heteroatoms. The van der Waals surface area contributed by atoms with Gasteiger partial charge in [-0.3, -0.25) is 14.4 Å². The molecular weight excluding hydrogens is 720 g/mol. The smallest absolute Gasteiger partial charge is 0.407 e. The Morgan fingerprint density at radius 1 is 0.926 bits per heavy atom. The number of hydrogen-bond donors (Lipinski definition) is 5. The molecule has 0 radical (unpaired) electrons. The lowest BCUT2D eigenvalue weighted by Gasteiger charge is -2.60. The highest BCUT2D eigenvalue weighted by atomic mass is 32.2. The maximum Gasteiger partial charge on any atom is 0.407 e. The maximum atomic E-state index is 13.2. The van der Waals surface area contributed by atoms with Crippen molar-refractivity contribution in [3.8, 4) is 0 Å². The molecule has 1 amide bonds. The second kappa shape index (κ2) is 19.8. The van der Waals surface area contributed by atoms with Crippen molar-refractivity contribution in [2.24, 2.45) is 28.6 Å². The van der Waals surface area contributed by atoms with Crippen LogP contribution in [-0.4, -0.2) is 121 Å². The van der Waals surface area contributed by atoms with Crippen molar-refractivity contribution < 1.29 is 58.3 Å². The Morgan fingerprint density at radius 2 is 1.57 bits per heavy atom. The number of allylic oxidation sites excluding steroid dienone is 1. The number of rotatable bonds is 21. The van der Waals surface area contributed by atoms with Crippen molar-refractivity contribution in [1.82, 2.24) is 10.8 Å². The fourth-order valence-corrected chi connectivity index (χ4v) is 10.7. The number of carbonyl (C=O) groups excluding carboxylic acids is 4. The first-order valence-electron chi connectivity index (χ1n) is 19.6. The largest absolute Gasteiger partial charge is 0.444 e. The molecule has 3 fully saturated rings. The first kappa shape index (κ1) is 44.6. The van der Waals surface area contributed by atoms with E-state index in [1.165, 1.54) is 11.8 Å². The van der Waals surface area contributed by atoms with E-state index in [-0.39, 0.29) is 42.8 Å². The van der Waals surface area contributed by atoms with Gasteiger partial charge in [-0.2, -0.15) is 5.48 Å². The Balaban J connectivity index is 1.07. The van der Waals surface area contributed by atoms with E-state index >= 15 is 0 Å². The second-order valence-corrected chi connectivity index (χ2v) is 17.7. The highest BCUT2D eigenvalue weighted by Gasteiger charge is 2.68. The number of hydrogen-bond acceptors (Lipinski definition) is 14. The molecule has 0 heterocycles. The summed E-state index contributed by atoms with van der Waals surface area (Å²) >= 11 is 1.40. The zero-order valence-electron chi connectivity index (χ0n) is 32.9. The monoisotopic (exact) mass is 784 g/mol. The number of ether oxygens (including phenoxy) is 4. The van der Waals surface area contributed by atoms with Gasteiger partial charge in [0.25, 0.3) is 0 Å². The van der Waals surface area contributed by atoms with Gasteiger partial charge in [-0.15, -0.1) is 11.8 Å². The van der Waals surface area contributed by atoms with E-state index in [9.17, 15) is 34.5 Å². The Morgan fingerprint density at radius 3 is 2.22 bits per heavy atom. The minimum Gasteiger partial charge on any atom is -0.444 e. The number of nitrogens with one attached hydrogen (secondary N) is 2. The summed E-state index contributed by atoms with van der Waals surface area (Å²) in [6.45, 7) is 12.4. The van der Waals surface area contributed by atoms with E-state index in [1.54, 1.807) is 0 Å². The minimum absolute atomic E-state index is 0.0393. The Kier molecular flexibility index (Phi) is 16.4. The number of amides is 1. The predicted octanol–water partition coefficient (Wildman–Crippen LogP) is 3.64. The van der Waals surface area contributed by atoms with E-state index in [1.807, 2.05) is 27.7 Å². The van der Waals surface area contributed by atoms with Crippen LogP contribution in [0.5, 0.6) is 0 Å². The molecule has 4 aliphatic rings. The fraction of sp³-hybridized carbons (Fsp3) is 0.846. The van der Waals surface area contributed by atoms with Gasteiger partial charge < -0.3 is 44.4 Å². The quantitative estimate of drug-likeness (QED) is 0.0835. The normalized spacial score (nSPS) is 30.7. The highest BCUT2D eigenvalue weighted by molar-refractivity contribution is 8.04. The van der Waals surface area contributed by atoms with Gasteiger partial charge in [0.15, 0.2) is 11.6 Å². The van der Waals surface area contributed by atoms with Gasteiger partial charge in [0, 0.05) is 43.9 Å². The number of ketones is 2. The molecule has 7 atom stereocenters. The summed E-state index contributed by atoms with van der Waals surface area (Å²) in [5, 5.41) is 35.5. The van der Waals surface area contributed by atoms with Crippen LogP contribution in [0.15, 0.2) is 10.5 Å². The SMILES string of the molecule is CC(C)(C)OC(=O)NCCCOCCOCCOCCCNOC(=O)CCSC1=C2CCC3C(C(O)CC4(C)C3CC[C@]4(O)C(=O)CO)C2(C)CCC1=O. The van der Waals surface area contributed by atoms with Gasteiger partial charge in [-0.25, -0.2) is 4.79 Å². The van der Waals surface area contributed by atoms with Crippen LogP contribution in [0.2, 0.25) is 0 Å². The number of aliphatic hydroxyl groups excluding tert-OH is 2. The van der Waals surface area contributed by atoms with Crippen molar-refractivity contribution >= 4 is 35.4 Å². The minimum atomic E-state index is -1.64. The van der Waals surface area contributed by atoms with Crippen LogP contribution in [0.3, 0.4) is 0 Å². The van der Waals surface area contributed by atoms with Crippen molar-refractivity contribution in [3.63, 3.8) is 0 Å². The van der Waals surface area contributed by atoms with Gasteiger partial charge >= 0.3 is 12.1 Å². The lowest BCUT2D eigenvalue weighted by Crippen LogP contribution is -2.62. The number of Topliss-reactive ketones (excluding diaryl/α,β-unsaturated/α-hetero) is 2. The van der Waals surface area contributed by atoms with Crippen LogP contribution in [0.25, 0.3) is 0 Å². The number of aliphatic hydroxyl groups is 3. The number of hydroxylamine groups is 1. The Labute approximate surface area is 324 Å². The molecule has 0 aliphatic heterocycles. The third-order valence-electron chi connectivity index (χ3n) is 11.9. The van der Waals surface area contributed by atoms with Gasteiger partial charge in [0.05, 0.1) is 43.9 Å². The van der Waals surface area contributed by atoms with Crippen LogP contribution in [0.1, 0.15) is 98.8 Å². The van der Waals surface area contributed by atoms with Gasteiger partial charge in [0.2, 0.25) is 0 Å². The summed E-state index contributed by atoms with van der Waals surface area (Å²) in [4.78, 5) is 55.8. The van der Waals surface area contributed by atoms with E-state index in [2.05, 4.69) is 17.7 Å². The van der Waals surface area contributed by atoms with Gasteiger partial charge in [0.1, 0.15) is 17.8 Å². The zero-order valence-corrected chi connectivity index (χ0v) is 33.7. The number of thioether (sulfide) groups is 1. The molecule has 54 heavy (non-hydrogen) atoms. The van der Waals surface area contributed by atoms with Gasteiger partial charge in [-0.05, 0) is 101 Å². The number of fused-ring (bicyclic) bond motifs is 5. The molecule has 6 unspecified atom stereocenters. The molecule has 14 nitrogen and oxygen atoms in total. The lowest BCUT2D eigenvalue weighted by atomic mass is 9.45. The van der Waals surface area contributed by atoms with Gasteiger partial charge in [-0.1, -0.05) is 13.8 Å². The standard InChI is InChI=1S/C39H64N2O12S/c1-36(2,3)52-35(47)40-15-6-17-49-19-21-51-22-20-50-18-7-16-41-53-32(46)12-23-54-34-28-9-8-26-27-10-14-39(48,31(45)25-42)38(27,5)24-30(44)33(26)37(28,4)13-11-29(34)43/h26-27,30,33,41-42,44,48H,6-25H2,1-5H3,(H,40,47)/t26?,27?,30?,33?,37?,38?,39-/m0/s1. The maximum absolute atomic E-state index is 13.2. The molecule has 0 bridgehead atoms. The average Bonchev–Trinajstić information content (AvgIpc) is 3.38. The number of alkyl carbamates (subject to hydrolysis) is 1. The predicted molar refractivity (Wildman–Crippen MR) is 201 cm³/mol. The molecule has 4 rings (SSSR count). The van der Waals surface area contributed by atoms with Crippen molar-refractivity contribution in [2.75, 3.05) is 65.1 Å². The molecule has 3 saturated carbocycles. The van der Waals surface area contributed by atoms with Crippen LogP contribution >= 0.6 is 11.8 Å². The fourth-order valence-electron chi connectivity index (χ4n) is 9.44. The van der Waals surface area contributed by atoms with Crippen molar-refractivity contribution in [2.45, 2.75) is 116 Å². The van der Waals surface area contributed by atoms with E-state index < -0.39 is 52.6 Å². The molecule has 0 aromatic rings. The lowest BCUT2D eigenvalue weighted by molar-refractivity contribution is -0.182. The first-order chi connectivity index (χ1) is 25.6. The van der Waals surface area contributed by atoms with E-state index in [0.29, 0.717) is 102 Å². The highest BCUT2D eigenvalue weighted by Crippen LogP contribution is 2.68. The first-order valence-corrected chi connectivity index (χ1v) is 20.6. The third kappa shape index (κ3) is 10.8. The van der Waals surface area contributed by atoms with E-state index in [4.69, 9.17) is 23.8 Å². The Hall–Kier alpha value is -2.11. The summed E-state index contributed by atoms with van der Waals surface area (Å²) in [6.07, 6.45) is 3.95. The topological polar surface area (TPSA) is 199 Å². The van der Waals surface area contributed by atoms with Crippen molar-refractivity contribution in [3.05, 3.63) is 10.5 Å². The molecular formula is C39H64N2O12S. The third-order valence-corrected chi connectivity index (χ3v) is 13.1. The average molecular weight is 785 g/mol. The summed E-state index contributed by atoms with van der Waals surface area (Å²) < 4.78 is 21.7. The number of carbonyl (C=O) groups is 4. The summed E-state index contributed by atoms with van der Waals surface area (Å²) in [6, 6.07) is 0. The molecule has 308 valence electrons. The van der Waals surface area contributed by atoms with E-state index in [0.717, 1.165) is 12.0 Å². The van der Waals surface area contributed by atoms with Crippen LogP contribution in [0, 0.1) is 28.6 Å². The molecule has 5 N–H and O–H groups in total. The van der Waals surface area contributed by atoms with Crippen LogP contribution in [-0.2, 0) is 38.2 Å². The van der Waals surface area contributed by atoms with Crippen molar-refractivity contribution in [1.29, 1.82) is 0 Å². The molecule has 0 aromatic carbocycles. The summed E-state index contributed by atoms with van der Waals surface area (Å²) in [5.74, 6) is -0.465. The summed E-state index contributed by atoms with van der Waals surface area (Å²) in [5.41, 5.74) is 0.389. The molecule has 0 spiro atoms. The molecule has 4 aliphatic carbocycles.